The Labute approximate surface area is 172 Å². The van der Waals surface area contributed by atoms with Crippen molar-refractivity contribution in [2.24, 2.45) is 10.9 Å². The van der Waals surface area contributed by atoms with Crippen LogP contribution in [0.3, 0.4) is 0 Å². The lowest BCUT2D eigenvalue weighted by atomic mass is 9.58. The fourth-order valence-electron chi connectivity index (χ4n) is 5.77. The quantitative estimate of drug-likeness (QED) is 0.794. The monoisotopic (exact) mass is 399 g/mol. The summed E-state index contributed by atoms with van der Waals surface area (Å²) in [5.41, 5.74) is 0.457. The summed E-state index contributed by atoms with van der Waals surface area (Å²) in [7, 11) is 0. The average molecular weight is 400 g/mol. The maximum Gasteiger partial charge on any atom is 0.331 e. The Hall–Kier alpha value is -1.89. The van der Waals surface area contributed by atoms with Crippen LogP contribution < -0.4 is 4.90 Å². The fraction of sp³-hybridized carbons (Fsp3) is 0.773. The Morgan fingerprint density at radius 2 is 1.90 bits per heavy atom. The first-order valence-corrected chi connectivity index (χ1v) is 11.3. The van der Waals surface area contributed by atoms with E-state index in [2.05, 4.69) is 25.8 Å². The third-order valence-electron chi connectivity index (χ3n) is 7.48. The summed E-state index contributed by atoms with van der Waals surface area (Å²) in [4.78, 5) is 30.5. The predicted molar refractivity (Wildman–Crippen MR) is 112 cm³/mol. The van der Waals surface area contributed by atoms with Crippen LogP contribution in [0.25, 0.3) is 0 Å². The number of aliphatic hydroxyl groups is 1. The minimum atomic E-state index is -0.464. The Morgan fingerprint density at radius 1 is 1.21 bits per heavy atom. The highest BCUT2D eigenvalue weighted by Crippen LogP contribution is 2.53. The Bertz CT molecular complexity index is 833. The second-order valence-corrected chi connectivity index (χ2v) is 10.1. The maximum absolute atomic E-state index is 13.3. The van der Waals surface area contributed by atoms with Crippen molar-refractivity contribution in [2.45, 2.75) is 89.2 Å². The predicted octanol–water partition coefficient (Wildman–Crippen LogP) is 3.57. The molecule has 2 amide bonds. The van der Waals surface area contributed by atoms with E-state index < -0.39 is 5.60 Å². The number of nitrogens with zero attached hydrogens (tertiary/aromatic N) is 4. The van der Waals surface area contributed by atoms with Crippen LogP contribution in [0.15, 0.2) is 4.99 Å². The van der Waals surface area contributed by atoms with E-state index in [1.165, 1.54) is 0 Å². The van der Waals surface area contributed by atoms with Gasteiger partial charge in [-0.2, -0.15) is 0 Å². The Kier molecular flexibility index (Phi) is 4.32. The van der Waals surface area contributed by atoms with Crippen molar-refractivity contribution in [3.05, 3.63) is 11.5 Å². The molecule has 3 heterocycles. The van der Waals surface area contributed by atoms with Gasteiger partial charge in [-0.05, 0) is 57.3 Å². The number of fused-ring (bicyclic) bond motifs is 6. The zero-order chi connectivity index (χ0) is 20.4. The van der Waals surface area contributed by atoms with Gasteiger partial charge in [0.05, 0.1) is 18.2 Å². The van der Waals surface area contributed by atoms with E-state index in [0.29, 0.717) is 19.0 Å². The number of imidazole rings is 1. The van der Waals surface area contributed by atoms with Crippen LogP contribution in [0.4, 0.5) is 10.6 Å². The number of amidine groups is 1. The van der Waals surface area contributed by atoms with Gasteiger partial charge in [0.15, 0.2) is 11.7 Å². The number of aliphatic imine (C=N–C) groups is 1. The van der Waals surface area contributed by atoms with Crippen molar-refractivity contribution >= 4 is 17.7 Å². The molecule has 0 radical (unpaired) electrons. The second kappa shape index (κ2) is 6.56. The van der Waals surface area contributed by atoms with Crippen molar-refractivity contribution in [1.29, 1.82) is 0 Å². The molecule has 1 aromatic rings. The number of carbonyl (C=O) groups excluding carboxylic acids is 1. The molecule has 2 aliphatic heterocycles. The highest BCUT2D eigenvalue weighted by Gasteiger charge is 2.51. The van der Waals surface area contributed by atoms with Crippen LogP contribution in [0.1, 0.15) is 83.7 Å². The molecule has 5 aliphatic rings. The van der Waals surface area contributed by atoms with E-state index in [-0.39, 0.29) is 17.5 Å². The van der Waals surface area contributed by atoms with E-state index in [1.807, 2.05) is 9.80 Å². The van der Waals surface area contributed by atoms with E-state index in [0.717, 1.165) is 74.5 Å². The van der Waals surface area contributed by atoms with E-state index in [9.17, 15) is 9.90 Å². The number of urea groups is 1. The number of hydrogen-bond acceptors (Lipinski definition) is 4. The van der Waals surface area contributed by atoms with Crippen molar-refractivity contribution in [2.75, 3.05) is 18.0 Å². The molecule has 3 fully saturated rings. The number of hydrogen-bond donors (Lipinski definition) is 2. The second-order valence-electron chi connectivity index (χ2n) is 10.1. The molecule has 0 spiro atoms. The lowest BCUT2D eigenvalue weighted by Crippen LogP contribution is -2.50. The van der Waals surface area contributed by atoms with Crippen LogP contribution in [-0.2, 0) is 5.41 Å². The number of aromatic nitrogens is 2. The Balaban J connectivity index is 1.54. The van der Waals surface area contributed by atoms with Crippen molar-refractivity contribution in [3.63, 3.8) is 0 Å². The number of rotatable bonds is 5. The summed E-state index contributed by atoms with van der Waals surface area (Å²) in [6.07, 6.45) is 7.30. The summed E-state index contributed by atoms with van der Waals surface area (Å²) in [5.74, 6) is 3.08. The summed E-state index contributed by atoms with van der Waals surface area (Å²) in [6, 6.07) is 0.175. The van der Waals surface area contributed by atoms with Crippen LogP contribution in [-0.4, -0.2) is 56.6 Å². The number of carbonyl (C=O) groups is 1. The first kappa shape index (κ1) is 19.1. The molecular formula is C22H33N5O2. The number of amides is 2. The number of nitrogens with one attached hydrogen (secondary N) is 1. The van der Waals surface area contributed by atoms with Crippen molar-refractivity contribution in [1.82, 2.24) is 14.9 Å². The first-order valence-electron chi connectivity index (χ1n) is 11.3. The zero-order valence-corrected chi connectivity index (χ0v) is 17.9. The fourth-order valence-corrected chi connectivity index (χ4v) is 5.77. The molecule has 158 valence electrons. The average Bonchev–Trinajstić information content (AvgIpc) is 3.30. The largest absolute Gasteiger partial charge is 0.390 e. The Morgan fingerprint density at radius 3 is 2.52 bits per heavy atom. The van der Waals surface area contributed by atoms with Crippen molar-refractivity contribution in [3.8, 4) is 0 Å². The molecule has 7 heteroatoms. The van der Waals surface area contributed by atoms with Crippen LogP contribution in [0.2, 0.25) is 0 Å². The molecule has 1 aromatic heterocycles. The van der Waals surface area contributed by atoms with Gasteiger partial charge in [0, 0.05) is 12.0 Å². The van der Waals surface area contributed by atoms with Gasteiger partial charge >= 0.3 is 6.03 Å². The molecule has 29 heavy (non-hydrogen) atoms. The molecular weight excluding hydrogens is 366 g/mol. The molecule has 3 saturated carbocycles. The van der Waals surface area contributed by atoms with Gasteiger partial charge in [-0.3, -0.25) is 14.8 Å². The van der Waals surface area contributed by atoms with Gasteiger partial charge in [0.25, 0.3) is 0 Å². The normalized spacial score (nSPS) is 33.3. The van der Waals surface area contributed by atoms with Gasteiger partial charge in [-0.25, -0.2) is 9.78 Å². The SMILES string of the molecule is CCCN1C(=O)N2C[C@@H](CC(C)C)N=C2c2[nH]c(C34CCC(O)(CC3)CC4)nc21. The number of aromatic amines is 1. The summed E-state index contributed by atoms with van der Waals surface area (Å²) >= 11 is 0. The third kappa shape index (κ3) is 2.92. The van der Waals surface area contributed by atoms with Crippen molar-refractivity contribution < 1.29 is 9.90 Å². The van der Waals surface area contributed by atoms with Gasteiger partial charge in [-0.15, -0.1) is 0 Å². The molecule has 1 atom stereocenters. The van der Waals surface area contributed by atoms with Crippen LogP contribution in [0.5, 0.6) is 0 Å². The zero-order valence-electron chi connectivity index (χ0n) is 17.9. The lowest BCUT2D eigenvalue weighted by molar-refractivity contribution is -0.0678. The molecule has 0 unspecified atom stereocenters. The highest BCUT2D eigenvalue weighted by atomic mass is 16.3. The minimum Gasteiger partial charge on any atom is -0.390 e. The molecule has 0 aromatic carbocycles. The molecule has 2 N–H and O–H groups in total. The summed E-state index contributed by atoms with van der Waals surface area (Å²) in [6.45, 7) is 7.83. The summed E-state index contributed by atoms with van der Waals surface area (Å²) < 4.78 is 0. The van der Waals surface area contributed by atoms with Gasteiger partial charge in [-0.1, -0.05) is 20.8 Å². The highest BCUT2D eigenvalue weighted by molar-refractivity contribution is 6.18. The topological polar surface area (TPSA) is 84.8 Å². The molecule has 7 nitrogen and oxygen atoms in total. The lowest BCUT2D eigenvalue weighted by Gasteiger charge is -2.49. The van der Waals surface area contributed by atoms with E-state index >= 15 is 0 Å². The maximum atomic E-state index is 13.3. The molecule has 0 saturated heterocycles. The smallest absolute Gasteiger partial charge is 0.331 e. The standard InChI is InChI=1S/C22H33N5O2/c1-4-11-26-18-16(17-23-15(12-14(2)3)13-27(17)20(26)28)24-19(25-18)21-5-8-22(29,9-6-21)10-7-21/h14-15,29H,4-13H2,1-3H3,(H,24,25)/t15-,21?,22?/m1/s1. The van der Waals surface area contributed by atoms with Crippen LogP contribution >= 0.6 is 0 Å². The van der Waals surface area contributed by atoms with E-state index in [4.69, 9.17) is 9.98 Å². The summed E-state index contributed by atoms with van der Waals surface area (Å²) in [5, 5.41) is 10.6. The van der Waals surface area contributed by atoms with Gasteiger partial charge in [0.2, 0.25) is 0 Å². The molecule has 3 aliphatic carbocycles. The van der Waals surface area contributed by atoms with E-state index in [1.54, 1.807) is 0 Å². The first-order chi connectivity index (χ1) is 13.8. The van der Waals surface area contributed by atoms with Gasteiger partial charge in [0.1, 0.15) is 11.5 Å². The van der Waals surface area contributed by atoms with Gasteiger partial charge < -0.3 is 10.1 Å². The number of anilines is 1. The molecule has 2 bridgehead atoms. The third-order valence-corrected chi connectivity index (χ3v) is 7.48. The number of H-pyrrole nitrogens is 1. The van der Waals surface area contributed by atoms with Crippen LogP contribution in [0, 0.1) is 5.92 Å². The minimum absolute atomic E-state index is 0.00405. The molecule has 6 rings (SSSR count).